The summed E-state index contributed by atoms with van der Waals surface area (Å²) in [5.41, 5.74) is 2.13. The first kappa shape index (κ1) is 19.5. The first-order valence-electron chi connectivity index (χ1n) is 9.05. The number of nitrogens with zero attached hydrogens (tertiary/aromatic N) is 2. The van der Waals surface area contributed by atoms with Crippen molar-refractivity contribution in [2.24, 2.45) is 0 Å². The van der Waals surface area contributed by atoms with Gasteiger partial charge in [0.05, 0.1) is 19.1 Å². The van der Waals surface area contributed by atoms with Crippen LogP contribution < -0.4 is 14.4 Å². The molecule has 1 aliphatic rings. The van der Waals surface area contributed by atoms with Crippen molar-refractivity contribution in [3.63, 3.8) is 0 Å². The smallest absolute Gasteiger partial charge is 0.243 e. The van der Waals surface area contributed by atoms with Crippen molar-refractivity contribution in [2.75, 3.05) is 45.3 Å². The first-order valence-corrected chi connectivity index (χ1v) is 10.5. The highest BCUT2D eigenvalue weighted by Crippen LogP contribution is 2.32. The number of ether oxygens (including phenoxy) is 2. The van der Waals surface area contributed by atoms with Gasteiger partial charge in [-0.15, -0.1) is 0 Å². The standard InChI is InChI=1S/C20H26N2O4S/c1-4-16-5-8-18(9-6-16)27(23,24)22-13-11-21(12-14-22)17-7-10-19(25-2)20(15-17)26-3/h5-10,15H,4,11-14H2,1-3H3. The fourth-order valence-electron chi connectivity index (χ4n) is 3.25. The van der Waals surface area contributed by atoms with Crippen molar-refractivity contribution in [2.45, 2.75) is 18.2 Å². The zero-order chi connectivity index (χ0) is 19.4. The van der Waals surface area contributed by atoms with Crippen LogP contribution in [0.4, 0.5) is 5.69 Å². The Morgan fingerprint density at radius 3 is 2.07 bits per heavy atom. The molecule has 27 heavy (non-hydrogen) atoms. The summed E-state index contributed by atoms with van der Waals surface area (Å²) in [6, 6.07) is 12.9. The van der Waals surface area contributed by atoms with Gasteiger partial charge in [-0.2, -0.15) is 4.31 Å². The number of methoxy groups -OCH3 is 2. The Bertz CT molecular complexity index is 873. The van der Waals surface area contributed by atoms with Crippen molar-refractivity contribution >= 4 is 15.7 Å². The van der Waals surface area contributed by atoms with E-state index in [9.17, 15) is 8.42 Å². The van der Waals surface area contributed by atoms with Crippen LogP contribution in [-0.4, -0.2) is 53.1 Å². The first-order chi connectivity index (χ1) is 13.0. The van der Waals surface area contributed by atoms with Crippen LogP contribution in [0.5, 0.6) is 11.5 Å². The van der Waals surface area contributed by atoms with Gasteiger partial charge in [0.15, 0.2) is 11.5 Å². The van der Waals surface area contributed by atoms with Crippen molar-refractivity contribution in [1.82, 2.24) is 4.31 Å². The van der Waals surface area contributed by atoms with Crippen LogP contribution in [-0.2, 0) is 16.4 Å². The molecule has 0 N–H and O–H groups in total. The lowest BCUT2D eigenvalue weighted by molar-refractivity contribution is 0.354. The highest BCUT2D eigenvalue weighted by molar-refractivity contribution is 7.89. The van der Waals surface area contributed by atoms with Crippen LogP contribution >= 0.6 is 0 Å². The summed E-state index contributed by atoms with van der Waals surface area (Å²) in [7, 11) is -0.242. The molecule has 7 heteroatoms. The minimum Gasteiger partial charge on any atom is -0.493 e. The van der Waals surface area contributed by atoms with Crippen molar-refractivity contribution < 1.29 is 17.9 Å². The average molecular weight is 391 g/mol. The van der Waals surface area contributed by atoms with Crippen molar-refractivity contribution in [1.29, 1.82) is 0 Å². The van der Waals surface area contributed by atoms with Gasteiger partial charge in [0.25, 0.3) is 0 Å². The monoisotopic (exact) mass is 390 g/mol. The van der Waals surface area contributed by atoms with E-state index in [2.05, 4.69) is 11.8 Å². The molecule has 0 amide bonds. The van der Waals surface area contributed by atoms with Gasteiger partial charge in [0.2, 0.25) is 10.0 Å². The molecule has 1 fully saturated rings. The number of anilines is 1. The number of hydrogen-bond donors (Lipinski definition) is 0. The molecule has 1 heterocycles. The summed E-state index contributed by atoms with van der Waals surface area (Å²) in [5, 5.41) is 0. The Labute approximate surface area is 161 Å². The van der Waals surface area contributed by atoms with Crippen LogP contribution in [0.1, 0.15) is 12.5 Å². The number of sulfonamides is 1. The fraction of sp³-hybridized carbons (Fsp3) is 0.400. The molecule has 1 saturated heterocycles. The summed E-state index contributed by atoms with van der Waals surface area (Å²) in [6.07, 6.45) is 0.893. The number of hydrogen-bond acceptors (Lipinski definition) is 5. The Hall–Kier alpha value is -2.25. The molecular weight excluding hydrogens is 364 g/mol. The van der Waals surface area contributed by atoms with Gasteiger partial charge >= 0.3 is 0 Å². The third-order valence-corrected chi connectivity index (χ3v) is 6.85. The maximum Gasteiger partial charge on any atom is 0.243 e. The largest absolute Gasteiger partial charge is 0.493 e. The summed E-state index contributed by atoms with van der Waals surface area (Å²) in [6.45, 7) is 4.21. The van der Waals surface area contributed by atoms with E-state index in [4.69, 9.17) is 9.47 Å². The maximum absolute atomic E-state index is 12.9. The molecule has 2 aromatic carbocycles. The third kappa shape index (κ3) is 4.04. The molecule has 2 aromatic rings. The molecule has 3 rings (SSSR count). The summed E-state index contributed by atoms with van der Waals surface area (Å²) >= 11 is 0. The number of rotatable bonds is 6. The molecule has 0 aromatic heterocycles. The van der Waals surface area contributed by atoms with Gasteiger partial charge in [0, 0.05) is 37.9 Å². The summed E-state index contributed by atoms with van der Waals surface area (Å²) in [4.78, 5) is 2.52. The van der Waals surface area contributed by atoms with E-state index in [1.54, 1.807) is 30.7 Å². The topological polar surface area (TPSA) is 59.1 Å². The normalized spacial score (nSPS) is 15.6. The minimum atomic E-state index is -3.45. The predicted molar refractivity (Wildman–Crippen MR) is 106 cm³/mol. The van der Waals surface area contributed by atoms with Crippen molar-refractivity contribution in [3.8, 4) is 11.5 Å². The molecule has 0 spiro atoms. The highest BCUT2D eigenvalue weighted by Gasteiger charge is 2.28. The van der Waals surface area contributed by atoms with E-state index in [0.29, 0.717) is 42.6 Å². The van der Waals surface area contributed by atoms with Gasteiger partial charge in [-0.1, -0.05) is 19.1 Å². The van der Waals surface area contributed by atoms with E-state index in [0.717, 1.165) is 17.7 Å². The molecule has 0 unspecified atom stereocenters. The summed E-state index contributed by atoms with van der Waals surface area (Å²) in [5.74, 6) is 1.35. The van der Waals surface area contributed by atoms with Gasteiger partial charge in [0.1, 0.15) is 0 Å². The average Bonchev–Trinajstić information content (AvgIpc) is 2.73. The zero-order valence-electron chi connectivity index (χ0n) is 16.0. The molecular formula is C20H26N2O4S. The van der Waals surface area contributed by atoms with Crippen LogP contribution in [0.25, 0.3) is 0 Å². The van der Waals surface area contributed by atoms with Gasteiger partial charge in [-0.05, 0) is 36.2 Å². The number of aryl methyl sites for hydroxylation is 1. The molecule has 0 atom stereocenters. The van der Waals surface area contributed by atoms with Crippen LogP contribution in [0.3, 0.4) is 0 Å². The Morgan fingerprint density at radius 2 is 1.52 bits per heavy atom. The van der Waals surface area contributed by atoms with Gasteiger partial charge < -0.3 is 14.4 Å². The van der Waals surface area contributed by atoms with Crippen LogP contribution in [0.2, 0.25) is 0 Å². The lowest BCUT2D eigenvalue weighted by atomic mass is 10.2. The van der Waals surface area contributed by atoms with E-state index in [1.807, 2.05) is 30.3 Å². The third-order valence-electron chi connectivity index (χ3n) is 4.94. The molecule has 146 valence electrons. The van der Waals surface area contributed by atoms with Crippen LogP contribution in [0.15, 0.2) is 47.4 Å². The lowest BCUT2D eigenvalue weighted by Crippen LogP contribution is -2.48. The second kappa shape index (κ2) is 8.19. The zero-order valence-corrected chi connectivity index (χ0v) is 16.8. The molecule has 0 radical (unpaired) electrons. The van der Waals surface area contributed by atoms with Crippen LogP contribution in [0, 0.1) is 0 Å². The van der Waals surface area contributed by atoms with Gasteiger partial charge in [-0.3, -0.25) is 0 Å². The molecule has 0 bridgehead atoms. The van der Waals surface area contributed by atoms with Crippen molar-refractivity contribution in [3.05, 3.63) is 48.0 Å². The van der Waals surface area contributed by atoms with E-state index >= 15 is 0 Å². The Morgan fingerprint density at radius 1 is 0.889 bits per heavy atom. The predicted octanol–water partition coefficient (Wildman–Crippen LogP) is 2.78. The fourth-order valence-corrected chi connectivity index (χ4v) is 4.68. The molecule has 0 aliphatic carbocycles. The maximum atomic E-state index is 12.9. The highest BCUT2D eigenvalue weighted by atomic mass is 32.2. The SMILES string of the molecule is CCc1ccc(S(=O)(=O)N2CCN(c3ccc(OC)c(OC)c3)CC2)cc1. The lowest BCUT2D eigenvalue weighted by Gasteiger charge is -2.35. The second-order valence-corrected chi connectivity index (χ2v) is 8.37. The Balaban J connectivity index is 1.71. The summed E-state index contributed by atoms with van der Waals surface area (Å²) < 4.78 is 38.0. The molecule has 1 aliphatic heterocycles. The second-order valence-electron chi connectivity index (χ2n) is 6.43. The minimum absolute atomic E-state index is 0.360. The Kier molecular flexibility index (Phi) is 5.92. The molecule has 0 saturated carbocycles. The van der Waals surface area contributed by atoms with E-state index in [-0.39, 0.29) is 0 Å². The number of piperazine rings is 1. The van der Waals surface area contributed by atoms with Gasteiger partial charge in [-0.25, -0.2) is 8.42 Å². The van der Waals surface area contributed by atoms with E-state index < -0.39 is 10.0 Å². The molecule has 6 nitrogen and oxygen atoms in total. The number of benzene rings is 2. The quantitative estimate of drug-likeness (QED) is 0.759. The van der Waals surface area contributed by atoms with E-state index in [1.165, 1.54) is 0 Å².